The zero-order chi connectivity index (χ0) is 16.4. The van der Waals surface area contributed by atoms with Gasteiger partial charge < -0.3 is 10.2 Å². The molecule has 0 bridgehead atoms. The Morgan fingerprint density at radius 2 is 2.13 bits per heavy atom. The first-order valence-corrected chi connectivity index (χ1v) is 8.38. The molecule has 2 aliphatic heterocycles. The summed E-state index contributed by atoms with van der Waals surface area (Å²) in [5, 5.41) is 15.1. The summed E-state index contributed by atoms with van der Waals surface area (Å²) in [6, 6.07) is 4.49. The molecule has 3 rings (SSSR count). The summed E-state index contributed by atoms with van der Waals surface area (Å²) < 4.78 is 13.6. The van der Waals surface area contributed by atoms with E-state index in [1.807, 2.05) is 0 Å². The monoisotopic (exact) mass is 386 g/mol. The molecule has 0 aliphatic carbocycles. The van der Waals surface area contributed by atoms with Crippen LogP contribution in [0.4, 0.5) is 10.1 Å². The summed E-state index contributed by atoms with van der Waals surface area (Å²) in [5.41, 5.74) is 0.605. The molecule has 0 unspecified atom stereocenters. The highest BCUT2D eigenvalue weighted by atomic mass is 79.9. The smallest absolute Gasteiger partial charge is 0.179 e. The van der Waals surface area contributed by atoms with Crippen LogP contribution in [0.2, 0.25) is 0 Å². The van der Waals surface area contributed by atoms with Gasteiger partial charge in [0.15, 0.2) is 5.82 Å². The van der Waals surface area contributed by atoms with Crippen molar-refractivity contribution < 1.29 is 14.5 Å². The van der Waals surface area contributed by atoms with Crippen molar-refractivity contribution in [3.8, 4) is 0 Å². The Balaban J connectivity index is 1.60. The van der Waals surface area contributed by atoms with E-state index < -0.39 is 0 Å². The van der Waals surface area contributed by atoms with E-state index in [9.17, 15) is 9.60 Å². The Labute approximate surface area is 143 Å². The summed E-state index contributed by atoms with van der Waals surface area (Å²) in [4.78, 5) is 7.55. The van der Waals surface area contributed by atoms with Crippen molar-refractivity contribution in [3.63, 3.8) is 0 Å². The molecule has 2 heterocycles. The largest absolute Gasteiger partial charge is 0.366 e. The van der Waals surface area contributed by atoms with E-state index in [4.69, 9.17) is 4.94 Å². The zero-order valence-corrected chi connectivity index (χ0v) is 14.5. The van der Waals surface area contributed by atoms with E-state index in [1.165, 1.54) is 11.1 Å². The first-order valence-electron chi connectivity index (χ1n) is 7.58. The molecule has 0 atom stereocenters. The molecule has 126 valence electrons. The van der Waals surface area contributed by atoms with Crippen LogP contribution in [0, 0.1) is 11.7 Å². The molecule has 6 nitrogen and oxygen atoms in total. The maximum Gasteiger partial charge on any atom is 0.179 e. The van der Waals surface area contributed by atoms with Crippen molar-refractivity contribution in [2.45, 2.75) is 12.8 Å². The average Bonchev–Trinajstić information content (AvgIpc) is 2.90. The van der Waals surface area contributed by atoms with E-state index in [-0.39, 0.29) is 5.82 Å². The van der Waals surface area contributed by atoms with Crippen molar-refractivity contribution >= 4 is 21.6 Å². The third kappa shape index (κ3) is 3.95. The average molecular weight is 387 g/mol. The van der Waals surface area contributed by atoms with Crippen molar-refractivity contribution in [1.82, 2.24) is 15.4 Å². The third-order valence-corrected chi connectivity index (χ3v) is 4.79. The minimum atomic E-state index is -0.349. The van der Waals surface area contributed by atoms with Crippen LogP contribution in [-0.4, -0.2) is 42.0 Å². The Kier molecular flexibility index (Phi) is 5.05. The van der Waals surface area contributed by atoms with Crippen molar-refractivity contribution in [3.05, 3.63) is 40.5 Å². The lowest BCUT2D eigenvalue weighted by molar-refractivity contribution is -0.306. The van der Waals surface area contributed by atoms with Crippen molar-refractivity contribution in [1.29, 1.82) is 0 Å². The molecule has 0 spiro atoms. The highest BCUT2D eigenvalue weighted by Crippen LogP contribution is 2.27. The van der Waals surface area contributed by atoms with Gasteiger partial charge in [-0.05, 0) is 73.0 Å². The maximum atomic E-state index is 13.3. The van der Waals surface area contributed by atoms with Crippen LogP contribution in [0.5, 0.6) is 0 Å². The van der Waals surface area contributed by atoms with Gasteiger partial charge in [0.25, 0.3) is 0 Å². The van der Waals surface area contributed by atoms with Crippen LogP contribution in [0.1, 0.15) is 12.8 Å². The normalized spacial score (nSPS) is 20.1. The van der Waals surface area contributed by atoms with E-state index in [0.717, 1.165) is 32.5 Å². The number of hydroxylamine groups is 3. The lowest BCUT2D eigenvalue weighted by Crippen LogP contribution is -2.36. The van der Waals surface area contributed by atoms with Gasteiger partial charge in [-0.1, -0.05) is 5.23 Å². The molecule has 1 saturated heterocycles. The number of likely N-dealkylation sites (tertiary alicyclic amines) is 1. The van der Waals surface area contributed by atoms with Crippen molar-refractivity contribution in [2.24, 2.45) is 5.92 Å². The number of halogens is 2. The van der Waals surface area contributed by atoms with Crippen LogP contribution in [0.3, 0.4) is 0 Å². The molecule has 1 aromatic rings. The Morgan fingerprint density at radius 3 is 2.83 bits per heavy atom. The fourth-order valence-electron chi connectivity index (χ4n) is 2.68. The zero-order valence-electron chi connectivity index (χ0n) is 12.9. The minimum Gasteiger partial charge on any atom is -0.366 e. The van der Waals surface area contributed by atoms with Crippen LogP contribution in [-0.2, 0) is 4.94 Å². The van der Waals surface area contributed by atoms with Gasteiger partial charge in [-0.3, -0.25) is 5.21 Å². The van der Waals surface area contributed by atoms with Gasteiger partial charge in [-0.2, -0.15) is 5.06 Å². The van der Waals surface area contributed by atoms with Crippen LogP contribution in [0.15, 0.2) is 34.7 Å². The Morgan fingerprint density at radius 1 is 1.39 bits per heavy atom. The standard InChI is InChI=1S/C15H20BrFN4O2/c1-19-6-4-11(5-7-19)9-18-15-10-20(23-21(15)22)12-2-3-14(17)13(16)8-12/h2-3,8,10-11,18,22H,4-7,9H2,1H3. The lowest BCUT2D eigenvalue weighted by Gasteiger charge is -2.29. The first kappa shape index (κ1) is 16.5. The van der Waals surface area contributed by atoms with E-state index >= 15 is 0 Å². The van der Waals surface area contributed by atoms with Crippen molar-refractivity contribution in [2.75, 3.05) is 31.7 Å². The van der Waals surface area contributed by atoms with E-state index in [0.29, 0.717) is 27.1 Å². The molecule has 0 radical (unpaired) electrons. The van der Waals surface area contributed by atoms with Crippen LogP contribution >= 0.6 is 15.9 Å². The minimum absolute atomic E-state index is 0.337. The summed E-state index contributed by atoms with van der Waals surface area (Å²) in [7, 11) is 2.13. The number of nitrogens with zero attached hydrogens (tertiary/aromatic N) is 3. The quantitative estimate of drug-likeness (QED) is 0.829. The number of hydrogen-bond acceptors (Lipinski definition) is 6. The number of piperidine rings is 1. The maximum absolute atomic E-state index is 13.3. The van der Waals surface area contributed by atoms with Gasteiger partial charge in [0.05, 0.1) is 16.4 Å². The molecule has 1 fully saturated rings. The Hall–Kier alpha value is -1.35. The molecule has 0 amide bonds. The molecule has 23 heavy (non-hydrogen) atoms. The predicted octanol–water partition coefficient (Wildman–Crippen LogP) is 2.68. The molecule has 2 aliphatic rings. The second-order valence-electron chi connectivity index (χ2n) is 5.92. The SMILES string of the molecule is CN1CCC(CNC2=CN(c3ccc(F)c(Br)c3)ON2O)CC1. The van der Waals surface area contributed by atoms with Gasteiger partial charge in [0.2, 0.25) is 0 Å². The summed E-state index contributed by atoms with van der Waals surface area (Å²) in [5.74, 6) is 0.692. The second-order valence-corrected chi connectivity index (χ2v) is 6.78. The third-order valence-electron chi connectivity index (χ3n) is 4.18. The number of nitrogens with one attached hydrogen (secondary N) is 1. The fourth-order valence-corrected chi connectivity index (χ4v) is 3.05. The molecular weight excluding hydrogens is 367 g/mol. The second kappa shape index (κ2) is 7.04. The molecule has 0 aromatic heterocycles. The van der Waals surface area contributed by atoms with Gasteiger partial charge in [0, 0.05) is 6.54 Å². The summed E-state index contributed by atoms with van der Waals surface area (Å²) >= 11 is 3.14. The molecular formula is C15H20BrFN4O2. The van der Waals surface area contributed by atoms with E-state index in [2.05, 4.69) is 33.2 Å². The molecule has 1 aromatic carbocycles. The highest BCUT2D eigenvalue weighted by molar-refractivity contribution is 9.10. The van der Waals surface area contributed by atoms with Gasteiger partial charge in [-0.25, -0.2) is 4.39 Å². The highest BCUT2D eigenvalue weighted by Gasteiger charge is 2.24. The topological polar surface area (TPSA) is 51.2 Å². The van der Waals surface area contributed by atoms with Gasteiger partial charge in [0.1, 0.15) is 5.82 Å². The van der Waals surface area contributed by atoms with E-state index in [1.54, 1.807) is 18.3 Å². The number of hydrogen-bond donors (Lipinski definition) is 2. The summed E-state index contributed by atoms with van der Waals surface area (Å²) in [6.07, 6.45) is 3.91. The summed E-state index contributed by atoms with van der Waals surface area (Å²) in [6.45, 7) is 2.97. The number of rotatable bonds is 4. The number of anilines is 1. The predicted molar refractivity (Wildman–Crippen MR) is 87.6 cm³/mol. The van der Waals surface area contributed by atoms with Crippen LogP contribution < -0.4 is 10.4 Å². The van der Waals surface area contributed by atoms with Gasteiger partial charge in [-0.15, -0.1) is 4.94 Å². The molecule has 2 N–H and O–H groups in total. The van der Waals surface area contributed by atoms with Gasteiger partial charge >= 0.3 is 0 Å². The lowest BCUT2D eigenvalue weighted by atomic mass is 9.97. The molecule has 0 saturated carbocycles. The van der Waals surface area contributed by atoms with Crippen LogP contribution in [0.25, 0.3) is 0 Å². The first-order chi connectivity index (χ1) is 11.0. The Bertz CT molecular complexity index is 593. The fraction of sp³-hybridized carbons (Fsp3) is 0.467. The molecule has 8 heteroatoms. The number of benzene rings is 1.